The molecule has 0 aliphatic rings. The summed E-state index contributed by atoms with van der Waals surface area (Å²) in [7, 11) is -3.01. The summed E-state index contributed by atoms with van der Waals surface area (Å²) in [6.45, 7) is -0.534. The Balaban J connectivity index is 1.48. The zero-order valence-corrected chi connectivity index (χ0v) is 21.2. The van der Waals surface area contributed by atoms with Crippen LogP contribution >= 0.6 is 0 Å². The number of carbonyl (C=O) groups excluding carboxylic acids is 1. The average Bonchev–Trinajstić information content (AvgIpc) is 3.36. The minimum absolute atomic E-state index is 0.0275. The van der Waals surface area contributed by atoms with Gasteiger partial charge in [-0.15, -0.1) is 0 Å². The molecular weight excluding hydrogens is 504 g/mol. The van der Waals surface area contributed by atoms with Crippen LogP contribution in [-0.4, -0.2) is 38.0 Å². The maximum absolute atomic E-state index is 13.9. The van der Waals surface area contributed by atoms with Crippen molar-refractivity contribution in [2.24, 2.45) is 0 Å². The third-order valence-corrected chi connectivity index (χ3v) is 7.88. The predicted molar refractivity (Wildman–Crippen MR) is 141 cm³/mol. The molecule has 38 heavy (non-hydrogen) atoms. The third kappa shape index (κ3) is 4.92. The lowest BCUT2D eigenvalue weighted by Crippen LogP contribution is -2.36. The quantitative estimate of drug-likeness (QED) is 0.272. The van der Waals surface area contributed by atoms with Gasteiger partial charge in [0.2, 0.25) is 0 Å². The number of nitrogens with zero attached hydrogens (tertiary/aromatic N) is 4. The summed E-state index contributed by atoms with van der Waals surface area (Å²) in [5, 5.41) is 9.61. The first-order valence-corrected chi connectivity index (χ1v) is 13.1. The topological polar surface area (TPSA) is 126 Å². The molecule has 0 radical (unpaired) electrons. The highest BCUT2D eigenvalue weighted by Gasteiger charge is 2.30. The van der Waals surface area contributed by atoms with Gasteiger partial charge in [0.15, 0.2) is 11.5 Å². The Bertz CT molecular complexity index is 1780. The molecule has 0 amide bonds. The summed E-state index contributed by atoms with van der Waals surface area (Å²) < 4.78 is 39.4. The van der Waals surface area contributed by atoms with Crippen LogP contribution in [0.1, 0.15) is 17.0 Å². The number of fused-ring (bicyclic) bond motifs is 2. The first-order chi connectivity index (χ1) is 18.4. The number of anilines is 1. The largest absolute Gasteiger partial charge is 0.468 e. The van der Waals surface area contributed by atoms with E-state index in [1.165, 1.54) is 19.4 Å². The Kier molecular flexibility index (Phi) is 6.77. The molecule has 0 saturated carbocycles. The number of hydrogen-bond donors (Lipinski definition) is 0. The van der Waals surface area contributed by atoms with Crippen molar-refractivity contribution in [2.45, 2.75) is 17.7 Å². The Hall–Kier alpha value is -4.75. The number of benzene rings is 3. The standard InChI is InChI=1S/C28H22N4O5S/c1-36-27(33)18-32(38(34,35)25-6-2-4-21-5-3-15-30-28(21)25)22-12-13-23-24(16-22)37-26(31-23)14-11-19-7-9-20(17-29)10-8-19/h2-10,12-13,15-16H,11,14,18H2,1H3. The smallest absolute Gasteiger partial charge is 0.326 e. The van der Waals surface area contributed by atoms with E-state index in [9.17, 15) is 13.2 Å². The number of ether oxygens (including phenoxy) is 1. The lowest BCUT2D eigenvalue weighted by atomic mass is 10.1. The molecule has 190 valence electrons. The fraction of sp³-hybridized carbons (Fsp3) is 0.143. The molecule has 0 saturated heterocycles. The maximum atomic E-state index is 13.9. The molecule has 0 atom stereocenters. The van der Waals surface area contributed by atoms with Crippen LogP contribution in [0.2, 0.25) is 0 Å². The normalized spacial score (nSPS) is 11.4. The van der Waals surface area contributed by atoms with Gasteiger partial charge in [0.1, 0.15) is 17.0 Å². The van der Waals surface area contributed by atoms with Crippen LogP contribution in [0.5, 0.6) is 0 Å². The van der Waals surface area contributed by atoms with E-state index in [-0.39, 0.29) is 10.6 Å². The predicted octanol–water partition coefficient (Wildman–Crippen LogP) is 4.40. The van der Waals surface area contributed by atoms with Gasteiger partial charge >= 0.3 is 5.97 Å². The summed E-state index contributed by atoms with van der Waals surface area (Å²) in [5.41, 5.74) is 3.10. The Morgan fingerprint density at radius 1 is 1.05 bits per heavy atom. The third-order valence-electron chi connectivity index (χ3n) is 6.08. The molecule has 5 aromatic rings. The van der Waals surface area contributed by atoms with Crippen LogP contribution in [0, 0.1) is 11.3 Å². The molecule has 0 aliphatic carbocycles. The van der Waals surface area contributed by atoms with Crippen molar-refractivity contribution in [3.8, 4) is 6.07 Å². The Labute approximate surface area is 219 Å². The van der Waals surface area contributed by atoms with Crippen LogP contribution in [0.3, 0.4) is 0 Å². The first-order valence-electron chi connectivity index (χ1n) is 11.7. The fourth-order valence-corrected chi connectivity index (χ4v) is 5.69. The van der Waals surface area contributed by atoms with Crippen molar-refractivity contribution < 1.29 is 22.4 Å². The van der Waals surface area contributed by atoms with Gasteiger partial charge in [-0.1, -0.05) is 30.3 Å². The summed E-state index contributed by atoms with van der Waals surface area (Å²) in [6.07, 6.45) is 2.69. The lowest BCUT2D eigenvalue weighted by molar-refractivity contribution is -0.138. The molecule has 0 spiro atoms. The average molecular weight is 527 g/mol. The number of pyridine rings is 1. The van der Waals surface area contributed by atoms with Gasteiger partial charge in [-0.05, 0) is 48.4 Å². The molecule has 0 N–H and O–H groups in total. The van der Waals surface area contributed by atoms with Gasteiger partial charge < -0.3 is 9.15 Å². The van der Waals surface area contributed by atoms with Crippen molar-refractivity contribution in [3.05, 3.63) is 96.0 Å². The van der Waals surface area contributed by atoms with E-state index < -0.39 is 22.5 Å². The molecule has 0 bridgehead atoms. The van der Waals surface area contributed by atoms with E-state index in [1.54, 1.807) is 54.6 Å². The van der Waals surface area contributed by atoms with Crippen molar-refractivity contribution in [2.75, 3.05) is 18.0 Å². The van der Waals surface area contributed by atoms with Gasteiger partial charge in [-0.25, -0.2) is 13.4 Å². The number of oxazole rings is 1. The molecule has 0 fully saturated rings. The second kappa shape index (κ2) is 10.3. The van der Waals surface area contributed by atoms with Crippen molar-refractivity contribution in [1.29, 1.82) is 5.26 Å². The molecule has 2 heterocycles. The number of rotatable bonds is 8. The number of sulfonamides is 1. The van der Waals surface area contributed by atoms with Gasteiger partial charge in [0, 0.05) is 24.1 Å². The van der Waals surface area contributed by atoms with Crippen LogP contribution < -0.4 is 4.31 Å². The van der Waals surface area contributed by atoms with Gasteiger partial charge in [0.05, 0.1) is 29.9 Å². The van der Waals surface area contributed by atoms with E-state index in [0.717, 1.165) is 9.87 Å². The van der Waals surface area contributed by atoms with Crippen molar-refractivity contribution >= 4 is 43.7 Å². The molecule has 5 rings (SSSR count). The van der Waals surface area contributed by atoms with Gasteiger partial charge in [-0.3, -0.25) is 14.1 Å². The number of para-hydroxylation sites is 1. The van der Waals surface area contributed by atoms with Gasteiger partial charge in [-0.2, -0.15) is 5.26 Å². The van der Waals surface area contributed by atoms with E-state index >= 15 is 0 Å². The lowest BCUT2D eigenvalue weighted by Gasteiger charge is -2.23. The zero-order chi connectivity index (χ0) is 26.7. The number of hydrogen-bond acceptors (Lipinski definition) is 8. The van der Waals surface area contributed by atoms with E-state index in [4.69, 9.17) is 14.4 Å². The molecular formula is C28H22N4O5S. The minimum atomic E-state index is -4.21. The number of esters is 1. The summed E-state index contributed by atoms with van der Waals surface area (Å²) in [6, 6.07) is 22.5. The van der Waals surface area contributed by atoms with Crippen LogP contribution in [0.15, 0.2) is 88.3 Å². The zero-order valence-electron chi connectivity index (χ0n) is 20.4. The highest BCUT2D eigenvalue weighted by atomic mass is 32.2. The number of methoxy groups -OCH3 is 1. The Morgan fingerprint density at radius 3 is 2.61 bits per heavy atom. The summed E-state index contributed by atoms with van der Waals surface area (Å²) in [4.78, 5) is 21.0. The van der Waals surface area contributed by atoms with E-state index in [0.29, 0.717) is 46.3 Å². The van der Waals surface area contributed by atoms with Gasteiger partial charge in [0.25, 0.3) is 10.0 Å². The van der Waals surface area contributed by atoms with E-state index in [2.05, 4.69) is 16.0 Å². The highest BCUT2D eigenvalue weighted by molar-refractivity contribution is 7.93. The molecule has 9 nitrogen and oxygen atoms in total. The number of nitriles is 1. The van der Waals surface area contributed by atoms with E-state index in [1.807, 2.05) is 12.1 Å². The van der Waals surface area contributed by atoms with Crippen LogP contribution in [0.4, 0.5) is 5.69 Å². The maximum Gasteiger partial charge on any atom is 0.326 e. The fourth-order valence-electron chi connectivity index (χ4n) is 4.12. The highest BCUT2D eigenvalue weighted by Crippen LogP contribution is 2.30. The second-order valence-corrected chi connectivity index (χ2v) is 10.3. The van der Waals surface area contributed by atoms with Crippen LogP contribution in [-0.2, 0) is 32.4 Å². The number of aromatic nitrogens is 2. The minimum Gasteiger partial charge on any atom is -0.468 e. The Morgan fingerprint density at radius 2 is 1.84 bits per heavy atom. The molecule has 2 aromatic heterocycles. The van der Waals surface area contributed by atoms with Crippen molar-refractivity contribution in [3.63, 3.8) is 0 Å². The summed E-state index contributed by atoms with van der Waals surface area (Å²) in [5.74, 6) is -0.232. The monoisotopic (exact) mass is 526 g/mol. The van der Waals surface area contributed by atoms with Crippen molar-refractivity contribution in [1.82, 2.24) is 9.97 Å². The van der Waals surface area contributed by atoms with Crippen LogP contribution in [0.25, 0.3) is 22.0 Å². The molecule has 0 unspecified atom stereocenters. The summed E-state index contributed by atoms with van der Waals surface area (Å²) >= 11 is 0. The first kappa shape index (κ1) is 24.9. The number of carbonyl (C=O) groups is 1. The molecule has 3 aromatic carbocycles. The second-order valence-electron chi connectivity index (χ2n) is 8.49. The molecule has 10 heteroatoms. The SMILES string of the molecule is COC(=O)CN(c1ccc2nc(CCc3ccc(C#N)cc3)oc2c1)S(=O)(=O)c1cccc2cccnc12. The number of aryl methyl sites for hydroxylation is 2. The molecule has 0 aliphatic heterocycles.